The van der Waals surface area contributed by atoms with Crippen molar-refractivity contribution in [3.8, 4) is 0 Å². The summed E-state index contributed by atoms with van der Waals surface area (Å²) in [6.07, 6.45) is 2.80. The van der Waals surface area contributed by atoms with Gasteiger partial charge in [0.25, 0.3) is 5.91 Å². The smallest absolute Gasteiger partial charge is 0.341 e. The van der Waals surface area contributed by atoms with E-state index in [9.17, 15) is 9.59 Å². The maximum absolute atomic E-state index is 13.2. The Hall–Kier alpha value is -3.49. The van der Waals surface area contributed by atoms with Crippen molar-refractivity contribution in [3.05, 3.63) is 86.9 Å². The van der Waals surface area contributed by atoms with Gasteiger partial charge in [-0.05, 0) is 93.1 Å². The summed E-state index contributed by atoms with van der Waals surface area (Å²) in [5, 5.41) is 7.77. The summed E-state index contributed by atoms with van der Waals surface area (Å²) in [5.41, 5.74) is 6.75. The number of carbonyl (C=O) groups is 2. The number of anilines is 1. The van der Waals surface area contributed by atoms with Gasteiger partial charge < -0.3 is 14.6 Å². The lowest BCUT2D eigenvalue weighted by atomic mass is 9.88. The molecule has 0 fully saturated rings. The molecule has 5 rings (SSSR count). The summed E-state index contributed by atoms with van der Waals surface area (Å²) < 4.78 is 7.63. The predicted molar refractivity (Wildman–Crippen MR) is 162 cm³/mol. The Balaban J connectivity index is 1.35. The van der Waals surface area contributed by atoms with Gasteiger partial charge in [-0.25, -0.2) is 4.79 Å². The molecular weight excluding hydrogens is 526 g/mol. The minimum absolute atomic E-state index is 0.159. The Morgan fingerprint density at radius 2 is 1.92 bits per heavy atom. The average molecular weight is 560 g/mol. The fourth-order valence-electron chi connectivity index (χ4n) is 5.33. The molecule has 4 aromatic rings. The number of esters is 1. The number of ether oxygens (including phenoxy) is 1. The van der Waals surface area contributed by atoms with E-state index in [2.05, 4.69) is 48.1 Å². The van der Waals surface area contributed by atoms with Crippen molar-refractivity contribution in [3.63, 3.8) is 0 Å². The third kappa shape index (κ3) is 5.49. The van der Waals surface area contributed by atoms with E-state index in [0.717, 1.165) is 47.8 Å². The molecule has 2 N–H and O–H groups in total. The number of thiophene rings is 1. The first kappa shape index (κ1) is 27.1. The van der Waals surface area contributed by atoms with Crippen LogP contribution < -0.4 is 10.6 Å². The van der Waals surface area contributed by atoms with Crippen LogP contribution in [0.5, 0.6) is 0 Å². The molecule has 2 aromatic heterocycles. The van der Waals surface area contributed by atoms with Crippen LogP contribution in [0.4, 0.5) is 5.00 Å². The van der Waals surface area contributed by atoms with Crippen molar-refractivity contribution < 1.29 is 14.3 Å². The molecule has 2 aromatic carbocycles. The van der Waals surface area contributed by atoms with Crippen LogP contribution in [0, 0.1) is 19.8 Å². The summed E-state index contributed by atoms with van der Waals surface area (Å²) in [4.78, 5) is 27.2. The number of benzene rings is 2. The van der Waals surface area contributed by atoms with Gasteiger partial charge in [0, 0.05) is 33.6 Å². The third-order valence-corrected chi connectivity index (χ3v) is 8.90. The standard InChI is InChI=1S/C31H33N3O3S2/c1-5-37-30(36)27-23-13-11-18(2)15-26(23)39-29(27)33-31(38)32-28(35)22-12-14-25-24(16-22)19(3)20(4)34(25)17-21-9-7-6-8-10-21/h6-10,12,14,16,18H,5,11,13,15,17H2,1-4H3,(H2,32,33,35,38)/t18-/m0/s1. The second-order valence-electron chi connectivity index (χ2n) is 10.2. The van der Waals surface area contributed by atoms with Gasteiger partial charge in [0.15, 0.2) is 5.11 Å². The van der Waals surface area contributed by atoms with Crippen molar-refractivity contribution in [1.29, 1.82) is 0 Å². The molecule has 6 nitrogen and oxygen atoms in total. The first-order valence-electron chi connectivity index (χ1n) is 13.3. The van der Waals surface area contributed by atoms with Crippen LogP contribution in [0.2, 0.25) is 0 Å². The van der Waals surface area contributed by atoms with Gasteiger partial charge in [0.2, 0.25) is 0 Å². The fourth-order valence-corrected chi connectivity index (χ4v) is 6.99. The highest BCUT2D eigenvalue weighted by Crippen LogP contribution is 2.40. The van der Waals surface area contributed by atoms with Crippen LogP contribution in [0.15, 0.2) is 48.5 Å². The molecule has 0 unspecified atom stereocenters. The maximum atomic E-state index is 13.2. The molecule has 0 aliphatic heterocycles. The zero-order valence-corrected chi connectivity index (χ0v) is 24.4. The first-order valence-corrected chi connectivity index (χ1v) is 14.6. The summed E-state index contributed by atoms with van der Waals surface area (Å²) in [6.45, 7) is 9.29. The van der Waals surface area contributed by atoms with Gasteiger partial charge in [-0.15, -0.1) is 11.3 Å². The lowest BCUT2D eigenvalue weighted by Gasteiger charge is -2.18. The van der Waals surface area contributed by atoms with Gasteiger partial charge in [0.1, 0.15) is 5.00 Å². The molecule has 1 amide bonds. The molecule has 1 aliphatic rings. The molecule has 0 radical (unpaired) electrons. The molecule has 39 heavy (non-hydrogen) atoms. The van der Waals surface area contributed by atoms with E-state index in [4.69, 9.17) is 17.0 Å². The Morgan fingerprint density at radius 3 is 2.67 bits per heavy atom. The quantitative estimate of drug-likeness (QED) is 0.201. The summed E-state index contributed by atoms with van der Waals surface area (Å²) in [6, 6.07) is 16.1. The van der Waals surface area contributed by atoms with E-state index in [1.807, 2.05) is 36.4 Å². The largest absolute Gasteiger partial charge is 0.462 e. The van der Waals surface area contributed by atoms with Crippen molar-refractivity contribution in [2.75, 3.05) is 11.9 Å². The maximum Gasteiger partial charge on any atom is 0.341 e. The van der Waals surface area contributed by atoms with Gasteiger partial charge in [-0.2, -0.15) is 0 Å². The lowest BCUT2D eigenvalue weighted by molar-refractivity contribution is 0.0526. The second-order valence-corrected chi connectivity index (χ2v) is 11.7. The summed E-state index contributed by atoms with van der Waals surface area (Å²) in [5.74, 6) is -0.0809. The molecule has 202 valence electrons. The van der Waals surface area contributed by atoms with Gasteiger partial charge in [0.05, 0.1) is 12.2 Å². The number of aryl methyl sites for hydroxylation is 1. The Bertz CT molecular complexity index is 1570. The van der Waals surface area contributed by atoms with Crippen molar-refractivity contribution >= 4 is 56.4 Å². The van der Waals surface area contributed by atoms with Crippen LogP contribution in [-0.4, -0.2) is 28.2 Å². The molecule has 0 saturated heterocycles. The minimum atomic E-state index is -0.350. The monoisotopic (exact) mass is 559 g/mol. The number of hydrogen-bond donors (Lipinski definition) is 2. The van der Waals surface area contributed by atoms with Gasteiger partial charge in [-0.1, -0.05) is 37.3 Å². The zero-order chi connectivity index (χ0) is 27.7. The molecule has 0 spiro atoms. The number of rotatable bonds is 6. The molecule has 1 atom stereocenters. The number of hydrogen-bond acceptors (Lipinski definition) is 5. The summed E-state index contributed by atoms with van der Waals surface area (Å²) in [7, 11) is 0. The zero-order valence-electron chi connectivity index (χ0n) is 22.7. The van der Waals surface area contributed by atoms with Gasteiger partial charge >= 0.3 is 5.97 Å². The van der Waals surface area contributed by atoms with E-state index in [0.29, 0.717) is 28.7 Å². The SMILES string of the molecule is CCOC(=O)c1c(NC(=S)NC(=O)c2ccc3c(c2)c(C)c(C)n3Cc2ccccc2)sc2c1CC[C@H](C)C2. The van der Waals surface area contributed by atoms with E-state index >= 15 is 0 Å². The second kappa shape index (κ2) is 11.3. The molecule has 1 aliphatic carbocycles. The van der Waals surface area contributed by atoms with Crippen molar-refractivity contribution in [2.45, 2.75) is 53.5 Å². The van der Waals surface area contributed by atoms with E-state index in [1.54, 1.807) is 6.92 Å². The highest BCUT2D eigenvalue weighted by molar-refractivity contribution is 7.80. The van der Waals surface area contributed by atoms with Crippen LogP contribution in [0.1, 0.15) is 68.2 Å². The number of nitrogens with zero attached hydrogens (tertiary/aromatic N) is 1. The number of nitrogens with one attached hydrogen (secondary N) is 2. The number of fused-ring (bicyclic) bond motifs is 2. The highest BCUT2D eigenvalue weighted by Gasteiger charge is 2.29. The Labute approximate surface area is 238 Å². The van der Waals surface area contributed by atoms with Crippen LogP contribution in [0.25, 0.3) is 10.9 Å². The number of thiocarbonyl (C=S) groups is 1. The van der Waals surface area contributed by atoms with Crippen molar-refractivity contribution in [1.82, 2.24) is 9.88 Å². The molecule has 0 saturated carbocycles. The predicted octanol–water partition coefficient (Wildman–Crippen LogP) is 6.80. The number of amides is 1. The molecule has 8 heteroatoms. The minimum Gasteiger partial charge on any atom is -0.462 e. The van der Waals surface area contributed by atoms with Crippen LogP contribution >= 0.6 is 23.6 Å². The van der Waals surface area contributed by atoms with Crippen LogP contribution in [0.3, 0.4) is 0 Å². The van der Waals surface area contributed by atoms with Crippen molar-refractivity contribution in [2.24, 2.45) is 5.92 Å². The molecule has 2 heterocycles. The molecular formula is C31H33N3O3S2. The highest BCUT2D eigenvalue weighted by atomic mass is 32.1. The number of carbonyl (C=O) groups excluding carboxylic acids is 2. The normalized spacial score (nSPS) is 14.6. The van der Waals surface area contributed by atoms with E-state index < -0.39 is 0 Å². The van der Waals surface area contributed by atoms with Crippen LogP contribution in [-0.2, 0) is 24.1 Å². The Kier molecular flexibility index (Phi) is 7.86. The lowest BCUT2D eigenvalue weighted by Crippen LogP contribution is -2.34. The fraction of sp³-hybridized carbons (Fsp3) is 0.323. The summed E-state index contributed by atoms with van der Waals surface area (Å²) >= 11 is 7.04. The topological polar surface area (TPSA) is 72.4 Å². The molecule has 0 bridgehead atoms. The first-order chi connectivity index (χ1) is 18.8. The van der Waals surface area contributed by atoms with E-state index in [1.165, 1.54) is 27.5 Å². The van der Waals surface area contributed by atoms with Gasteiger partial charge in [-0.3, -0.25) is 10.1 Å². The number of aromatic nitrogens is 1. The van der Waals surface area contributed by atoms with E-state index in [-0.39, 0.29) is 17.0 Å². The third-order valence-electron chi connectivity index (χ3n) is 7.53. The Morgan fingerprint density at radius 1 is 1.15 bits per heavy atom. The average Bonchev–Trinajstić information content (AvgIpc) is 3.38.